The van der Waals surface area contributed by atoms with Gasteiger partial charge in [0.1, 0.15) is 18.3 Å². The molecule has 0 radical (unpaired) electrons. The Morgan fingerprint density at radius 3 is 2.61 bits per heavy atom. The van der Waals surface area contributed by atoms with Crippen LogP contribution in [0, 0.1) is 12.8 Å². The smallest absolute Gasteiger partial charge is 0.229 e. The van der Waals surface area contributed by atoms with Gasteiger partial charge < -0.3 is 29.9 Å². The van der Waals surface area contributed by atoms with E-state index in [0.717, 1.165) is 36.8 Å². The van der Waals surface area contributed by atoms with Gasteiger partial charge in [0, 0.05) is 5.56 Å². The fourth-order valence-corrected chi connectivity index (χ4v) is 4.91. The van der Waals surface area contributed by atoms with Crippen LogP contribution in [0.1, 0.15) is 81.9 Å². The lowest BCUT2D eigenvalue weighted by atomic mass is 9.70. The van der Waals surface area contributed by atoms with Crippen LogP contribution in [-0.2, 0) is 4.74 Å². The number of ether oxygens (including phenoxy) is 2. The van der Waals surface area contributed by atoms with Crippen molar-refractivity contribution in [3.63, 3.8) is 0 Å². The molecule has 1 aliphatic carbocycles. The predicted octanol–water partition coefficient (Wildman–Crippen LogP) is 3.88. The minimum atomic E-state index is -1.41. The van der Waals surface area contributed by atoms with Crippen molar-refractivity contribution in [2.45, 2.75) is 96.7 Å². The van der Waals surface area contributed by atoms with Gasteiger partial charge in [-0.2, -0.15) is 0 Å². The zero-order chi connectivity index (χ0) is 22.9. The molecule has 0 saturated carbocycles. The average Bonchev–Trinajstić information content (AvgIpc) is 2.71. The Morgan fingerprint density at radius 1 is 1.23 bits per heavy atom. The Morgan fingerprint density at radius 2 is 1.94 bits per heavy atom. The first-order chi connectivity index (χ1) is 14.6. The average molecular weight is 435 g/mol. The number of benzene rings is 1. The summed E-state index contributed by atoms with van der Waals surface area (Å²) in [4.78, 5) is 0. The molecule has 2 aliphatic rings. The fraction of sp³-hybridized carbons (Fsp3) is 0.680. The maximum absolute atomic E-state index is 10.9. The van der Waals surface area contributed by atoms with E-state index in [2.05, 4.69) is 39.8 Å². The summed E-state index contributed by atoms with van der Waals surface area (Å²) in [7, 11) is 0. The number of aliphatic hydroxyl groups is 3. The van der Waals surface area contributed by atoms with E-state index in [-0.39, 0.29) is 18.3 Å². The summed E-state index contributed by atoms with van der Waals surface area (Å²) in [5.41, 5.74) is 4.21. The lowest BCUT2D eigenvalue weighted by molar-refractivity contribution is -0.242. The van der Waals surface area contributed by atoms with E-state index >= 15 is 0 Å². The highest BCUT2D eigenvalue weighted by molar-refractivity contribution is 5.57. The quantitative estimate of drug-likeness (QED) is 0.507. The maximum atomic E-state index is 10.9. The lowest BCUT2D eigenvalue weighted by Crippen LogP contribution is -2.54. The van der Waals surface area contributed by atoms with Crippen LogP contribution in [0.4, 0.5) is 0 Å². The van der Waals surface area contributed by atoms with Crippen LogP contribution < -0.4 is 4.74 Å². The van der Waals surface area contributed by atoms with Gasteiger partial charge in [-0.15, -0.1) is 0 Å². The third kappa shape index (κ3) is 5.08. The lowest BCUT2D eigenvalue weighted by Gasteiger charge is -2.38. The first-order valence-electron chi connectivity index (χ1n) is 11.4. The van der Waals surface area contributed by atoms with Gasteiger partial charge in [-0.05, 0) is 75.3 Å². The molecule has 0 spiro atoms. The molecule has 1 heterocycles. The molecule has 1 saturated heterocycles. The van der Waals surface area contributed by atoms with Crippen LogP contribution in [-0.4, -0.2) is 51.6 Å². The first kappa shape index (κ1) is 24.1. The van der Waals surface area contributed by atoms with E-state index < -0.39 is 24.6 Å². The molecule has 4 N–H and O–H groups in total. The highest BCUT2D eigenvalue weighted by Crippen LogP contribution is 2.51. The van der Waals surface area contributed by atoms with Gasteiger partial charge in [-0.25, -0.2) is 0 Å². The van der Waals surface area contributed by atoms with Crippen molar-refractivity contribution in [2.24, 2.45) is 5.92 Å². The van der Waals surface area contributed by atoms with Gasteiger partial charge in [0.05, 0.1) is 6.61 Å². The number of phenols is 1. The molecule has 0 bridgehead atoms. The summed E-state index contributed by atoms with van der Waals surface area (Å²) in [6, 6.07) is 2.08. The summed E-state index contributed by atoms with van der Waals surface area (Å²) in [5, 5.41) is 40.9. The number of fused-ring (bicyclic) bond motifs is 1. The van der Waals surface area contributed by atoms with E-state index in [1.807, 2.05) is 6.92 Å². The number of hydrogen-bond acceptors (Lipinski definition) is 6. The van der Waals surface area contributed by atoms with Crippen LogP contribution >= 0.6 is 0 Å². The Labute approximate surface area is 185 Å². The number of aromatic hydroxyl groups is 1. The summed E-state index contributed by atoms with van der Waals surface area (Å²) < 4.78 is 11.5. The molecule has 1 aromatic carbocycles. The van der Waals surface area contributed by atoms with Crippen molar-refractivity contribution in [1.82, 2.24) is 0 Å². The third-order valence-corrected chi connectivity index (χ3v) is 6.87. The molecule has 0 amide bonds. The third-order valence-electron chi connectivity index (χ3n) is 6.87. The fourth-order valence-electron chi connectivity index (χ4n) is 4.91. The largest absolute Gasteiger partial charge is 0.504 e. The Balaban J connectivity index is 1.93. The number of aryl methyl sites for hydroxylation is 1. The summed E-state index contributed by atoms with van der Waals surface area (Å²) in [6.07, 6.45) is 1.40. The van der Waals surface area contributed by atoms with E-state index in [1.165, 1.54) is 11.1 Å². The first-order valence-corrected chi connectivity index (χ1v) is 11.4. The number of allylic oxidation sites excluding steroid dienone is 2. The highest BCUT2D eigenvalue weighted by Gasteiger charge is 2.41. The van der Waals surface area contributed by atoms with Crippen LogP contribution in [0.5, 0.6) is 11.5 Å². The van der Waals surface area contributed by atoms with Gasteiger partial charge in [0.25, 0.3) is 0 Å². The van der Waals surface area contributed by atoms with Crippen molar-refractivity contribution >= 4 is 0 Å². The minimum absolute atomic E-state index is 0.0415. The van der Waals surface area contributed by atoms with Crippen molar-refractivity contribution < 1.29 is 29.9 Å². The van der Waals surface area contributed by atoms with Crippen LogP contribution in [0.2, 0.25) is 0 Å². The monoisotopic (exact) mass is 434 g/mol. The van der Waals surface area contributed by atoms with Gasteiger partial charge in [-0.3, -0.25) is 0 Å². The van der Waals surface area contributed by atoms with Gasteiger partial charge in [0.15, 0.2) is 11.5 Å². The summed E-state index contributed by atoms with van der Waals surface area (Å²) >= 11 is 0. The second-order valence-electron chi connectivity index (χ2n) is 9.66. The standard InChI is InChI=1S/C25H38O6/c1-13(2)7-6-8-14(3)17-10-9-15(4)20-18(17)11-16(5)21(27)24(20)31-25-23(29)22(28)19(26)12-30-25/h7,11,14-15,17,19,22-23,25-29H,6,8-10,12H2,1-5H3/t14-,15-,17+,19+,22-,23-,25?/m0/s1. The second-order valence-corrected chi connectivity index (χ2v) is 9.66. The van der Waals surface area contributed by atoms with Crippen molar-refractivity contribution in [1.29, 1.82) is 0 Å². The maximum Gasteiger partial charge on any atom is 0.229 e. The molecule has 1 fully saturated rings. The van der Waals surface area contributed by atoms with E-state index in [4.69, 9.17) is 9.47 Å². The molecule has 0 aromatic heterocycles. The number of rotatable bonds is 6. The molecular weight excluding hydrogens is 396 g/mol. The zero-order valence-electron chi connectivity index (χ0n) is 19.3. The number of aliphatic hydroxyl groups excluding tert-OH is 3. The Bertz CT molecular complexity index is 800. The zero-order valence-corrected chi connectivity index (χ0v) is 19.3. The SMILES string of the molecule is CC(C)=CCC[C@H](C)[C@H]1CC[C@H](C)c2c1cc(C)c(O)c2OC1OC[C@@H](O)[C@H](O)[C@@H]1O. The van der Waals surface area contributed by atoms with Crippen LogP contribution in [0.15, 0.2) is 17.7 Å². The molecule has 7 atom stereocenters. The van der Waals surface area contributed by atoms with Crippen molar-refractivity contribution in [3.05, 3.63) is 34.4 Å². The number of phenolic OH excluding ortho intramolecular Hbond substituents is 1. The van der Waals surface area contributed by atoms with Crippen molar-refractivity contribution in [3.8, 4) is 11.5 Å². The molecule has 3 rings (SSSR count). The molecule has 1 aliphatic heterocycles. The molecule has 1 unspecified atom stereocenters. The summed E-state index contributed by atoms with van der Waals surface area (Å²) in [5.74, 6) is 1.40. The molecule has 6 heteroatoms. The summed E-state index contributed by atoms with van der Waals surface area (Å²) in [6.45, 7) is 10.4. The van der Waals surface area contributed by atoms with Gasteiger partial charge >= 0.3 is 0 Å². The molecule has 1 aromatic rings. The van der Waals surface area contributed by atoms with E-state index in [9.17, 15) is 20.4 Å². The molecule has 6 nitrogen and oxygen atoms in total. The molecule has 174 valence electrons. The number of hydrogen-bond donors (Lipinski definition) is 4. The van der Waals surface area contributed by atoms with Gasteiger partial charge in [0.2, 0.25) is 6.29 Å². The van der Waals surface area contributed by atoms with Crippen LogP contribution in [0.25, 0.3) is 0 Å². The molecule has 31 heavy (non-hydrogen) atoms. The van der Waals surface area contributed by atoms with Gasteiger partial charge in [-0.1, -0.05) is 31.6 Å². The predicted molar refractivity (Wildman–Crippen MR) is 119 cm³/mol. The molecular formula is C25H38O6. The minimum Gasteiger partial charge on any atom is -0.504 e. The van der Waals surface area contributed by atoms with E-state index in [0.29, 0.717) is 17.6 Å². The second kappa shape index (κ2) is 9.90. The Kier molecular flexibility index (Phi) is 7.68. The Hall–Kier alpha value is -1.60. The van der Waals surface area contributed by atoms with Crippen LogP contribution in [0.3, 0.4) is 0 Å². The highest BCUT2D eigenvalue weighted by atomic mass is 16.7. The topological polar surface area (TPSA) is 99.4 Å². The van der Waals surface area contributed by atoms with Crippen molar-refractivity contribution in [2.75, 3.05) is 6.61 Å². The normalized spacial score (nSPS) is 31.6. The van der Waals surface area contributed by atoms with E-state index in [1.54, 1.807) is 0 Å².